The standard InChI is InChI=1S/C13H13F3N2O2S/c1-21-7-12(20)18-9-5-3-2-4-8(9)17-11(19)6-10(18)13(14,15)16/h2-5,10H,6-7H2,1H3,(H,17,19)/t10-/m1/s1. The maximum atomic E-state index is 13.3. The number of fused-ring (bicyclic) bond motifs is 1. The minimum atomic E-state index is -4.68. The molecule has 0 saturated carbocycles. The fourth-order valence-electron chi connectivity index (χ4n) is 2.19. The third-order valence-electron chi connectivity index (χ3n) is 3.04. The highest BCUT2D eigenvalue weighted by molar-refractivity contribution is 7.99. The Hall–Kier alpha value is -1.70. The third-order valence-corrected chi connectivity index (χ3v) is 3.58. The molecule has 0 spiro atoms. The third kappa shape index (κ3) is 3.31. The summed E-state index contributed by atoms with van der Waals surface area (Å²) in [5.74, 6) is -1.52. The Labute approximate surface area is 123 Å². The molecule has 4 nitrogen and oxygen atoms in total. The van der Waals surface area contributed by atoms with E-state index in [2.05, 4.69) is 5.32 Å². The highest BCUT2D eigenvalue weighted by atomic mass is 32.2. The largest absolute Gasteiger partial charge is 0.409 e. The Morgan fingerprint density at radius 1 is 1.43 bits per heavy atom. The highest BCUT2D eigenvalue weighted by Gasteiger charge is 2.48. The van der Waals surface area contributed by atoms with Gasteiger partial charge in [-0.2, -0.15) is 24.9 Å². The number of thioether (sulfide) groups is 1. The molecule has 1 atom stereocenters. The number of hydrogen-bond acceptors (Lipinski definition) is 3. The number of benzene rings is 1. The first-order valence-corrected chi connectivity index (χ1v) is 7.50. The molecule has 0 bridgehead atoms. The summed E-state index contributed by atoms with van der Waals surface area (Å²) in [7, 11) is 0. The van der Waals surface area contributed by atoms with Crippen molar-refractivity contribution in [1.29, 1.82) is 0 Å². The zero-order valence-corrected chi connectivity index (χ0v) is 11.9. The Kier molecular flexibility index (Phi) is 4.46. The van der Waals surface area contributed by atoms with Gasteiger partial charge >= 0.3 is 6.18 Å². The van der Waals surface area contributed by atoms with E-state index in [0.29, 0.717) is 4.90 Å². The van der Waals surface area contributed by atoms with Crippen LogP contribution < -0.4 is 10.2 Å². The van der Waals surface area contributed by atoms with E-state index in [9.17, 15) is 22.8 Å². The molecule has 8 heteroatoms. The molecule has 0 radical (unpaired) electrons. The summed E-state index contributed by atoms with van der Waals surface area (Å²) in [6, 6.07) is 3.84. The van der Waals surface area contributed by atoms with E-state index >= 15 is 0 Å². The molecule has 0 fully saturated rings. The van der Waals surface area contributed by atoms with Crippen LogP contribution in [0.15, 0.2) is 24.3 Å². The van der Waals surface area contributed by atoms with Gasteiger partial charge in [-0.15, -0.1) is 0 Å². The molecule has 1 aliphatic rings. The molecule has 2 amide bonds. The molecular formula is C13H13F3N2O2S. The maximum absolute atomic E-state index is 13.3. The summed E-state index contributed by atoms with van der Waals surface area (Å²) < 4.78 is 39.8. The minimum Gasteiger partial charge on any atom is -0.324 e. The van der Waals surface area contributed by atoms with Crippen LogP contribution in [0.1, 0.15) is 6.42 Å². The molecule has 1 aliphatic heterocycles. The number of carbonyl (C=O) groups is 2. The van der Waals surface area contributed by atoms with Crippen LogP contribution in [0, 0.1) is 0 Å². The molecule has 1 aromatic rings. The van der Waals surface area contributed by atoms with E-state index in [0.717, 1.165) is 11.8 Å². The van der Waals surface area contributed by atoms with E-state index in [1.165, 1.54) is 18.2 Å². The van der Waals surface area contributed by atoms with Crippen LogP contribution in [0.4, 0.5) is 24.5 Å². The summed E-state index contributed by atoms with van der Waals surface area (Å²) >= 11 is 1.13. The fraction of sp³-hybridized carbons (Fsp3) is 0.385. The first-order valence-electron chi connectivity index (χ1n) is 6.11. The minimum absolute atomic E-state index is 0.0738. The average Bonchev–Trinajstić information content (AvgIpc) is 2.54. The Bertz CT molecular complexity index is 563. The lowest BCUT2D eigenvalue weighted by molar-refractivity contribution is -0.157. The number of anilines is 2. The summed E-state index contributed by atoms with van der Waals surface area (Å²) in [5, 5.41) is 2.41. The second-order valence-electron chi connectivity index (χ2n) is 4.52. The van der Waals surface area contributed by atoms with E-state index in [1.54, 1.807) is 12.3 Å². The number of halogens is 3. The predicted molar refractivity (Wildman–Crippen MR) is 75.4 cm³/mol. The SMILES string of the molecule is CSCC(=O)N1c2ccccc2NC(=O)C[C@@H]1C(F)(F)F. The Morgan fingerprint density at radius 2 is 2.10 bits per heavy atom. The average molecular weight is 318 g/mol. The van der Waals surface area contributed by atoms with Crippen LogP contribution in [0.2, 0.25) is 0 Å². The van der Waals surface area contributed by atoms with Crippen molar-refractivity contribution in [3.8, 4) is 0 Å². The summed E-state index contributed by atoms with van der Waals surface area (Å²) in [6.07, 6.45) is -3.85. The van der Waals surface area contributed by atoms with Crippen molar-refractivity contribution in [2.24, 2.45) is 0 Å². The molecule has 1 N–H and O–H groups in total. The lowest BCUT2D eigenvalue weighted by atomic mass is 10.1. The van der Waals surface area contributed by atoms with Crippen LogP contribution >= 0.6 is 11.8 Å². The smallest absolute Gasteiger partial charge is 0.324 e. The van der Waals surface area contributed by atoms with Crippen LogP contribution in [-0.2, 0) is 9.59 Å². The number of nitrogens with one attached hydrogen (secondary N) is 1. The van der Waals surface area contributed by atoms with Gasteiger partial charge in [-0.05, 0) is 18.4 Å². The van der Waals surface area contributed by atoms with Crippen molar-refractivity contribution in [2.75, 3.05) is 22.2 Å². The monoisotopic (exact) mass is 318 g/mol. The van der Waals surface area contributed by atoms with Crippen molar-refractivity contribution in [2.45, 2.75) is 18.6 Å². The topological polar surface area (TPSA) is 49.4 Å². The summed E-state index contributed by atoms with van der Waals surface area (Å²) in [6.45, 7) is 0. The number of hydrogen-bond donors (Lipinski definition) is 1. The van der Waals surface area contributed by atoms with E-state index < -0.39 is 30.5 Å². The number of amides is 2. The molecule has 0 aromatic heterocycles. The second kappa shape index (κ2) is 5.97. The quantitative estimate of drug-likeness (QED) is 0.912. The molecule has 0 unspecified atom stereocenters. The van der Waals surface area contributed by atoms with Gasteiger partial charge in [0, 0.05) is 0 Å². The first kappa shape index (κ1) is 15.7. The van der Waals surface area contributed by atoms with Gasteiger partial charge in [0.2, 0.25) is 11.8 Å². The lowest BCUT2D eigenvalue weighted by Gasteiger charge is -2.31. The van der Waals surface area contributed by atoms with Gasteiger partial charge in [0.1, 0.15) is 6.04 Å². The summed E-state index contributed by atoms with van der Waals surface area (Å²) in [4.78, 5) is 24.5. The van der Waals surface area contributed by atoms with Gasteiger partial charge in [0.25, 0.3) is 0 Å². The molecule has 114 valence electrons. The van der Waals surface area contributed by atoms with Crippen LogP contribution in [-0.4, -0.2) is 36.0 Å². The van der Waals surface area contributed by atoms with Crippen molar-refractivity contribution in [1.82, 2.24) is 0 Å². The molecule has 1 heterocycles. The molecule has 1 aromatic carbocycles. The molecule has 21 heavy (non-hydrogen) atoms. The highest BCUT2D eigenvalue weighted by Crippen LogP contribution is 2.37. The Morgan fingerprint density at radius 3 is 2.71 bits per heavy atom. The number of para-hydroxylation sites is 2. The van der Waals surface area contributed by atoms with Crippen LogP contribution in [0.25, 0.3) is 0 Å². The normalized spacial score (nSPS) is 18.8. The number of carbonyl (C=O) groups excluding carboxylic acids is 2. The molecular weight excluding hydrogens is 305 g/mol. The van der Waals surface area contributed by atoms with Crippen molar-refractivity contribution < 1.29 is 22.8 Å². The van der Waals surface area contributed by atoms with Crippen molar-refractivity contribution in [3.63, 3.8) is 0 Å². The van der Waals surface area contributed by atoms with Crippen molar-refractivity contribution in [3.05, 3.63) is 24.3 Å². The predicted octanol–water partition coefficient (Wildman–Crippen LogP) is 2.66. The number of alkyl halides is 3. The van der Waals surface area contributed by atoms with Gasteiger partial charge in [0.15, 0.2) is 0 Å². The van der Waals surface area contributed by atoms with Crippen LogP contribution in [0.5, 0.6) is 0 Å². The zero-order valence-electron chi connectivity index (χ0n) is 11.1. The fourth-order valence-corrected chi connectivity index (χ4v) is 2.57. The Balaban J connectivity index is 2.55. The summed E-state index contributed by atoms with van der Waals surface area (Å²) in [5.41, 5.74) is 0.286. The van der Waals surface area contributed by atoms with E-state index in [1.807, 2.05) is 0 Å². The lowest BCUT2D eigenvalue weighted by Crippen LogP contribution is -2.50. The van der Waals surface area contributed by atoms with Gasteiger partial charge < -0.3 is 5.32 Å². The van der Waals surface area contributed by atoms with Crippen molar-refractivity contribution >= 4 is 35.0 Å². The van der Waals surface area contributed by atoms with Gasteiger partial charge in [-0.3, -0.25) is 14.5 Å². The number of rotatable bonds is 2. The number of nitrogens with zero attached hydrogens (tertiary/aromatic N) is 1. The maximum Gasteiger partial charge on any atom is 0.409 e. The van der Waals surface area contributed by atoms with Gasteiger partial charge in [-0.1, -0.05) is 12.1 Å². The first-order chi connectivity index (χ1) is 9.84. The molecule has 0 saturated heterocycles. The molecule has 2 rings (SSSR count). The second-order valence-corrected chi connectivity index (χ2v) is 5.39. The van der Waals surface area contributed by atoms with Crippen LogP contribution in [0.3, 0.4) is 0 Å². The van der Waals surface area contributed by atoms with Gasteiger partial charge in [0.05, 0.1) is 23.5 Å². The molecule has 0 aliphatic carbocycles. The van der Waals surface area contributed by atoms with E-state index in [4.69, 9.17) is 0 Å². The van der Waals surface area contributed by atoms with E-state index in [-0.39, 0.29) is 17.1 Å². The van der Waals surface area contributed by atoms with Gasteiger partial charge in [-0.25, -0.2) is 0 Å². The zero-order chi connectivity index (χ0) is 15.6.